The summed E-state index contributed by atoms with van der Waals surface area (Å²) in [6, 6.07) is 7.66. The summed E-state index contributed by atoms with van der Waals surface area (Å²) in [6.07, 6.45) is 1.49. The second-order valence-corrected chi connectivity index (χ2v) is 3.50. The molecule has 3 nitrogen and oxygen atoms in total. The summed E-state index contributed by atoms with van der Waals surface area (Å²) in [4.78, 5) is 7.97. The zero-order valence-corrected chi connectivity index (χ0v) is 9.23. The summed E-state index contributed by atoms with van der Waals surface area (Å²) in [5, 5.41) is 0.287. The van der Waals surface area contributed by atoms with Gasteiger partial charge in [0.05, 0.1) is 0 Å². The van der Waals surface area contributed by atoms with Crippen molar-refractivity contribution in [3.05, 3.63) is 41.7 Å². The van der Waals surface area contributed by atoms with Crippen LogP contribution >= 0.6 is 11.6 Å². The Balaban J connectivity index is 2.33. The third kappa shape index (κ3) is 3.10. The van der Waals surface area contributed by atoms with E-state index in [2.05, 4.69) is 14.7 Å². The number of benzene rings is 1. The van der Waals surface area contributed by atoms with Gasteiger partial charge in [-0.3, -0.25) is 0 Å². The van der Waals surface area contributed by atoms with Crippen molar-refractivity contribution >= 4 is 11.6 Å². The molecule has 88 valence electrons. The largest absolute Gasteiger partial charge is 0.435 e. The third-order valence-corrected chi connectivity index (χ3v) is 2.15. The van der Waals surface area contributed by atoms with Gasteiger partial charge in [0.1, 0.15) is 10.9 Å². The highest BCUT2D eigenvalue weighted by Gasteiger charge is 2.07. The molecule has 0 N–H and O–H groups in total. The number of nitrogens with zero attached hydrogens (tertiary/aromatic N) is 2. The van der Waals surface area contributed by atoms with E-state index >= 15 is 0 Å². The van der Waals surface area contributed by atoms with Gasteiger partial charge in [-0.2, -0.15) is 8.78 Å². The number of aromatic nitrogens is 2. The Morgan fingerprint density at radius 2 is 2.06 bits per heavy atom. The first-order valence-electron chi connectivity index (χ1n) is 4.69. The summed E-state index contributed by atoms with van der Waals surface area (Å²) in [7, 11) is 0. The standard InChI is InChI=1S/C11H7ClF2N2O/c12-9-4-5-15-10(16-9)7-2-1-3-8(6-7)17-11(13)14/h1-6,11H. The van der Waals surface area contributed by atoms with E-state index in [1.54, 1.807) is 12.1 Å². The van der Waals surface area contributed by atoms with Gasteiger partial charge in [0.25, 0.3) is 0 Å². The third-order valence-electron chi connectivity index (χ3n) is 1.94. The van der Waals surface area contributed by atoms with Gasteiger partial charge in [-0.15, -0.1) is 0 Å². The summed E-state index contributed by atoms with van der Waals surface area (Å²) in [6.45, 7) is -2.86. The quantitative estimate of drug-likeness (QED) is 0.790. The molecule has 17 heavy (non-hydrogen) atoms. The van der Waals surface area contributed by atoms with Crippen molar-refractivity contribution in [1.29, 1.82) is 0 Å². The van der Waals surface area contributed by atoms with Crippen LogP contribution in [0.2, 0.25) is 5.15 Å². The van der Waals surface area contributed by atoms with Gasteiger partial charge in [-0.1, -0.05) is 23.7 Å². The van der Waals surface area contributed by atoms with Crippen LogP contribution in [0.25, 0.3) is 11.4 Å². The Morgan fingerprint density at radius 3 is 2.76 bits per heavy atom. The molecule has 0 atom stereocenters. The van der Waals surface area contributed by atoms with Crippen molar-refractivity contribution in [2.24, 2.45) is 0 Å². The Morgan fingerprint density at radius 1 is 1.24 bits per heavy atom. The molecule has 0 aliphatic carbocycles. The van der Waals surface area contributed by atoms with E-state index in [0.717, 1.165) is 0 Å². The molecular formula is C11H7ClF2N2O. The van der Waals surface area contributed by atoms with Crippen molar-refractivity contribution in [2.75, 3.05) is 0 Å². The minimum Gasteiger partial charge on any atom is -0.435 e. The zero-order chi connectivity index (χ0) is 12.3. The van der Waals surface area contributed by atoms with Crippen LogP contribution in [0.3, 0.4) is 0 Å². The maximum absolute atomic E-state index is 12.0. The van der Waals surface area contributed by atoms with Gasteiger partial charge in [0.2, 0.25) is 0 Å². The molecule has 2 rings (SSSR count). The van der Waals surface area contributed by atoms with Crippen molar-refractivity contribution in [2.45, 2.75) is 6.61 Å². The number of hydrogen-bond donors (Lipinski definition) is 0. The maximum atomic E-state index is 12.0. The molecule has 2 aromatic rings. The first kappa shape index (κ1) is 11.7. The van der Waals surface area contributed by atoms with E-state index < -0.39 is 6.61 Å². The molecule has 1 aromatic heterocycles. The lowest BCUT2D eigenvalue weighted by Gasteiger charge is -2.06. The average Bonchev–Trinajstić information content (AvgIpc) is 2.28. The Bertz CT molecular complexity index is 522. The van der Waals surface area contributed by atoms with E-state index in [4.69, 9.17) is 11.6 Å². The summed E-state index contributed by atoms with van der Waals surface area (Å²) in [5.41, 5.74) is 0.561. The normalized spacial score (nSPS) is 10.6. The Hall–Kier alpha value is -1.75. The molecule has 0 amide bonds. The van der Waals surface area contributed by atoms with Gasteiger partial charge in [-0.25, -0.2) is 9.97 Å². The van der Waals surface area contributed by atoms with Crippen LogP contribution in [-0.4, -0.2) is 16.6 Å². The Kier molecular flexibility index (Phi) is 3.49. The highest BCUT2D eigenvalue weighted by molar-refractivity contribution is 6.29. The lowest BCUT2D eigenvalue weighted by molar-refractivity contribution is -0.0498. The van der Waals surface area contributed by atoms with Gasteiger partial charge < -0.3 is 4.74 Å². The maximum Gasteiger partial charge on any atom is 0.387 e. The molecule has 1 heterocycles. The van der Waals surface area contributed by atoms with E-state index in [9.17, 15) is 8.78 Å². The number of alkyl halides is 2. The molecule has 0 spiro atoms. The SMILES string of the molecule is FC(F)Oc1cccc(-c2nccc(Cl)n2)c1. The van der Waals surface area contributed by atoms with E-state index in [1.807, 2.05) is 0 Å². The molecular weight excluding hydrogens is 250 g/mol. The molecule has 0 bridgehead atoms. The van der Waals surface area contributed by atoms with Gasteiger partial charge in [0, 0.05) is 11.8 Å². The van der Waals surface area contributed by atoms with Crippen LogP contribution in [0.5, 0.6) is 5.75 Å². The molecule has 6 heteroatoms. The minimum absolute atomic E-state index is 0.0566. The van der Waals surface area contributed by atoms with Crippen molar-refractivity contribution in [1.82, 2.24) is 9.97 Å². The second-order valence-electron chi connectivity index (χ2n) is 3.11. The van der Waals surface area contributed by atoms with E-state index in [1.165, 1.54) is 24.4 Å². The highest BCUT2D eigenvalue weighted by atomic mass is 35.5. The minimum atomic E-state index is -2.86. The molecule has 0 aliphatic heterocycles. The van der Waals surface area contributed by atoms with Crippen molar-refractivity contribution in [3.63, 3.8) is 0 Å². The summed E-state index contributed by atoms with van der Waals surface area (Å²) < 4.78 is 28.4. The van der Waals surface area contributed by atoms with Gasteiger partial charge in [-0.05, 0) is 18.2 Å². The zero-order valence-electron chi connectivity index (χ0n) is 8.48. The van der Waals surface area contributed by atoms with Crippen molar-refractivity contribution in [3.8, 4) is 17.1 Å². The van der Waals surface area contributed by atoms with Crippen LogP contribution in [-0.2, 0) is 0 Å². The summed E-state index contributed by atoms with van der Waals surface area (Å²) >= 11 is 5.72. The van der Waals surface area contributed by atoms with E-state index in [0.29, 0.717) is 11.4 Å². The predicted molar refractivity (Wildman–Crippen MR) is 59.1 cm³/mol. The number of hydrogen-bond acceptors (Lipinski definition) is 3. The topological polar surface area (TPSA) is 35.0 Å². The van der Waals surface area contributed by atoms with Crippen LogP contribution < -0.4 is 4.74 Å². The number of ether oxygens (including phenoxy) is 1. The second kappa shape index (κ2) is 5.05. The molecule has 0 saturated heterocycles. The lowest BCUT2D eigenvalue weighted by Crippen LogP contribution is -2.01. The number of rotatable bonds is 3. The molecule has 0 fully saturated rings. The van der Waals surface area contributed by atoms with Crippen LogP contribution in [0.4, 0.5) is 8.78 Å². The van der Waals surface area contributed by atoms with Crippen LogP contribution in [0.1, 0.15) is 0 Å². The fourth-order valence-corrected chi connectivity index (χ4v) is 1.42. The molecule has 0 aliphatic rings. The monoisotopic (exact) mass is 256 g/mol. The van der Waals surface area contributed by atoms with Gasteiger partial charge in [0.15, 0.2) is 5.82 Å². The molecule has 1 aromatic carbocycles. The fourth-order valence-electron chi connectivity index (χ4n) is 1.29. The molecule has 0 radical (unpaired) electrons. The summed E-state index contributed by atoms with van der Waals surface area (Å²) in [5.74, 6) is 0.415. The lowest BCUT2D eigenvalue weighted by atomic mass is 10.2. The first-order valence-corrected chi connectivity index (χ1v) is 5.07. The molecule has 0 saturated carbocycles. The average molecular weight is 257 g/mol. The van der Waals surface area contributed by atoms with Crippen LogP contribution in [0, 0.1) is 0 Å². The smallest absolute Gasteiger partial charge is 0.387 e. The van der Waals surface area contributed by atoms with E-state index in [-0.39, 0.29) is 10.9 Å². The highest BCUT2D eigenvalue weighted by Crippen LogP contribution is 2.22. The van der Waals surface area contributed by atoms with Crippen molar-refractivity contribution < 1.29 is 13.5 Å². The Labute approximate surface area is 101 Å². The van der Waals surface area contributed by atoms with Crippen LogP contribution in [0.15, 0.2) is 36.5 Å². The fraction of sp³-hybridized carbons (Fsp3) is 0.0909. The number of halogens is 3. The van der Waals surface area contributed by atoms with Gasteiger partial charge >= 0.3 is 6.61 Å². The molecule has 0 unspecified atom stereocenters. The predicted octanol–water partition coefficient (Wildman–Crippen LogP) is 3.40. The first-order chi connectivity index (χ1) is 8.15.